The molecule has 2 amide bonds. The van der Waals surface area contributed by atoms with Gasteiger partial charge in [-0.1, -0.05) is 19.1 Å². The van der Waals surface area contributed by atoms with Crippen LogP contribution in [0, 0.1) is 5.92 Å². The lowest BCUT2D eigenvalue weighted by Gasteiger charge is -2.17. The minimum atomic E-state index is -0.596. The molecule has 0 aliphatic carbocycles. The minimum Gasteiger partial charge on any atom is -0.455 e. The highest BCUT2D eigenvalue weighted by Gasteiger charge is 2.36. The lowest BCUT2D eigenvalue weighted by molar-refractivity contribution is -0.151. The number of hydrogen-bond acceptors (Lipinski definition) is 6. The molecule has 156 valence electrons. The molecule has 2 heterocycles. The van der Waals surface area contributed by atoms with E-state index in [0.717, 1.165) is 12.1 Å². The third-order valence-electron chi connectivity index (χ3n) is 5.12. The first kappa shape index (κ1) is 19.8. The summed E-state index contributed by atoms with van der Waals surface area (Å²) in [4.78, 5) is 38.4. The number of carbonyl (C=O) groups is 3. The van der Waals surface area contributed by atoms with E-state index in [2.05, 4.69) is 12.2 Å². The first-order valence-electron chi connectivity index (χ1n) is 9.79. The molecule has 1 N–H and O–H groups in total. The summed E-state index contributed by atoms with van der Waals surface area (Å²) in [6.07, 6.45) is 0.982. The summed E-state index contributed by atoms with van der Waals surface area (Å²) in [6, 6.07) is 12.7. The van der Waals surface area contributed by atoms with Crippen LogP contribution in [0.25, 0.3) is 0 Å². The molecule has 1 atom stereocenters. The molecule has 4 rings (SSSR count). The van der Waals surface area contributed by atoms with Crippen LogP contribution in [0.2, 0.25) is 0 Å². The van der Waals surface area contributed by atoms with Crippen molar-refractivity contribution in [3.8, 4) is 11.5 Å². The molecule has 0 unspecified atom stereocenters. The number of anilines is 2. The summed E-state index contributed by atoms with van der Waals surface area (Å²) >= 11 is 0. The van der Waals surface area contributed by atoms with Crippen molar-refractivity contribution in [2.45, 2.75) is 19.8 Å². The molecule has 8 heteroatoms. The van der Waals surface area contributed by atoms with E-state index in [0.29, 0.717) is 17.2 Å². The van der Waals surface area contributed by atoms with E-state index in [1.807, 2.05) is 24.3 Å². The first-order valence-corrected chi connectivity index (χ1v) is 9.79. The summed E-state index contributed by atoms with van der Waals surface area (Å²) < 4.78 is 15.6. The number of fused-ring (bicyclic) bond motifs is 1. The van der Waals surface area contributed by atoms with Gasteiger partial charge in [0.2, 0.25) is 12.7 Å². The second-order valence-corrected chi connectivity index (χ2v) is 7.15. The molecule has 2 aliphatic heterocycles. The number of nitrogens with one attached hydrogen (secondary N) is 1. The van der Waals surface area contributed by atoms with Crippen molar-refractivity contribution in [3.05, 3.63) is 48.0 Å². The van der Waals surface area contributed by atoms with Crippen LogP contribution in [0.4, 0.5) is 11.4 Å². The molecule has 0 aromatic heterocycles. The van der Waals surface area contributed by atoms with Gasteiger partial charge in [0, 0.05) is 30.4 Å². The van der Waals surface area contributed by atoms with Crippen molar-refractivity contribution < 1.29 is 28.6 Å². The summed E-state index contributed by atoms with van der Waals surface area (Å²) in [6.45, 7) is 2.02. The van der Waals surface area contributed by atoms with Gasteiger partial charge in [0.15, 0.2) is 18.1 Å². The molecule has 2 aromatic carbocycles. The summed E-state index contributed by atoms with van der Waals surface area (Å²) in [5, 5.41) is 2.64. The van der Waals surface area contributed by atoms with E-state index in [1.54, 1.807) is 23.1 Å². The molecule has 0 saturated carbocycles. The maximum absolute atomic E-state index is 12.4. The molecule has 8 nitrogen and oxygen atoms in total. The molecule has 0 bridgehead atoms. The Balaban J connectivity index is 1.28. The predicted molar refractivity (Wildman–Crippen MR) is 108 cm³/mol. The van der Waals surface area contributed by atoms with Gasteiger partial charge in [0.25, 0.3) is 5.91 Å². The second kappa shape index (κ2) is 8.44. The summed E-state index contributed by atoms with van der Waals surface area (Å²) in [7, 11) is 0. The fourth-order valence-electron chi connectivity index (χ4n) is 3.45. The van der Waals surface area contributed by atoms with Gasteiger partial charge in [-0.2, -0.15) is 0 Å². The lowest BCUT2D eigenvalue weighted by atomic mass is 10.1. The van der Waals surface area contributed by atoms with Crippen LogP contribution < -0.4 is 19.7 Å². The third-order valence-corrected chi connectivity index (χ3v) is 5.12. The number of ether oxygens (including phenoxy) is 3. The van der Waals surface area contributed by atoms with Crippen molar-refractivity contribution in [2.75, 3.05) is 30.2 Å². The zero-order chi connectivity index (χ0) is 21.1. The second-order valence-electron chi connectivity index (χ2n) is 7.15. The van der Waals surface area contributed by atoms with Crippen molar-refractivity contribution in [3.63, 3.8) is 0 Å². The molecule has 1 fully saturated rings. The van der Waals surface area contributed by atoms with Gasteiger partial charge < -0.3 is 24.4 Å². The van der Waals surface area contributed by atoms with Crippen LogP contribution in [0.3, 0.4) is 0 Å². The van der Waals surface area contributed by atoms with Gasteiger partial charge in [-0.25, -0.2) is 0 Å². The van der Waals surface area contributed by atoms with E-state index in [-0.39, 0.29) is 25.7 Å². The monoisotopic (exact) mass is 410 g/mol. The highest BCUT2D eigenvalue weighted by molar-refractivity contribution is 6.00. The van der Waals surface area contributed by atoms with Gasteiger partial charge in [-0.15, -0.1) is 0 Å². The zero-order valence-electron chi connectivity index (χ0n) is 16.6. The van der Waals surface area contributed by atoms with E-state index in [9.17, 15) is 14.4 Å². The maximum Gasteiger partial charge on any atom is 0.311 e. The molecular weight excluding hydrogens is 388 g/mol. The Morgan fingerprint density at radius 2 is 1.90 bits per heavy atom. The first-order chi connectivity index (χ1) is 14.5. The largest absolute Gasteiger partial charge is 0.455 e. The average molecular weight is 410 g/mol. The van der Waals surface area contributed by atoms with Gasteiger partial charge in [0.05, 0.1) is 5.92 Å². The topological polar surface area (TPSA) is 94.2 Å². The molecule has 30 heavy (non-hydrogen) atoms. The predicted octanol–water partition coefficient (Wildman–Crippen LogP) is 2.51. The van der Waals surface area contributed by atoms with Gasteiger partial charge >= 0.3 is 5.97 Å². The highest BCUT2D eigenvalue weighted by Crippen LogP contribution is 2.34. The molecule has 0 radical (unpaired) electrons. The Labute approximate surface area is 173 Å². The number of esters is 1. The smallest absolute Gasteiger partial charge is 0.311 e. The van der Waals surface area contributed by atoms with E-state index in [4.69, 9.17) is 14.2 Å². The normalized spacial score (nSPS) is 17.2. The molecule has 2 aromatic rings. The van der Waals surface area contributed by atoms with Crippen LogP contribution in [-0.2, 0) is 25.5 Å². The number of nitrogens with zero attached hydrogens (tertiary/aromatic N) is 1. The number of aryl methyl sites for hydroxylation is 1. The quantitative estimate of drug-likeness (QED) is 0.736. The lowest BCUT2D eigenvalue weighted by Crippen LogP contribution is -2.28. The molecule has 2 aliphatic rings. The van der Waals surface area contributed by atoms with Gasteiger partial charge in [-0.05, 0) is 36.2 Å². The Bertz CT molecular complexity index is 972. The van der Waals surface area contributed by atoms with Crippen molar-refractivity contribution >= 4 is 29.2 Å². The standard InChI is InChI=1S/C22H22N2O6/c1-2-14-3-6-17(7-4-14)24-11-15(9-21(24)26)22(27)28-12-20(25)23-16-5-8-18-19(10-16)30-13-29-18/h3-8,10,15H,2,9,11-13H2,1H3,(H,23,25)/t15-/m1/s1. The van der Waals surface area contributed by atoms with Gasteiger partial charge in [-0.3, -0.25) is 14.4 Å². The highest BCUT2D eigenvalue weighted by atomic mass is 16.7. The fourth-order valence-corrected chi connectivity index (χ4v) is 3.45. The van der Waals surface area contributed by atoms with E-state index >= 15 is 0 Å². The van der Waals surface area contributed by atoms with Gasteiger partial charge in [0.1, 0.15) is 0 Å². The maximum atomic E-state index is 12.4. The van der Waals surface area contributed by atoms with E-state index < -0.39 is 24.4 Å². The molecular formula is C22H22N2O6. The number of hydrogen-bond donors (Lipinski definition) is 1. The average Bonchev–Trinajstić information content (AvgIpc) is 3.38. The minimum absolute atomic E-state index is 0.0676. The zero-order valence-corrected chi connectivity index (χ0v) is 16.6. The van der Waals surface area contributed by atoms with Crippen molar-refractivity contribution in [1.29, 1.82) is 0 Å². The van der Waals surface area contributed by atoms with Crippen LogP contribution in [0.1, 0.15) is 18.9 Å². The summed E-state index contributed by atoms with van der Waals surface area (Å²) in [5.41, 5.74) is 2.45. The Hall–Kier alpha value is -3.55. The summed E-state index contributed by atoms with van der Waals surface area (Å²) in [5.74, 6) is -0.608. The van der Waals surface area contributed by atoms with E-state index in [1.165, 1.54) is 5.56 Å². The number of benzene rings is 2. The third kappa shape index (κ3) is 4.22. The Morgan fingerprint density at radius 3 is 2.67 bits per heavy atom. The van der Waals surface area contributed by atoms with Crippen molar-refractivity contribution in [2.24, 2.45) is 5.92 Å². The Kier molecular flexibility index (Phi) is 5.56. The van der Waals surface area contributed by atoms with Crippen LogP contribution in [0.5, 0.6) is 11.5 Å². The van der Waals surface area contributed by atoms with Crippen LogP contribution in [0.15, 0.2) is 42.5 Å². The molecule has 1 saturated heterocycles. The number of amides is 2. The van der Waals surface area contributed by atoms with Crippen LogP contribution >= 0.6 is 0 Å². The van der Waals surface area contributed by atoms with Crippen molar-refractivity contribution in [1.82, 2.24) is 0 Å². The SMILES string of the molecule is CCc1ccc(N2C[C@H](C(=O)OCC(=O)Nc3ccc4c(c3)OCO4)CC2=O)cc1. The van der Waals surface area contributed by atoms with Crippen LogP contribution in [-0.4, -0.2) is 37.7 Å². The number of rotatable bonds is 6. The fraction of sp³-hybridized carbons (Fsp3) is 0.318. The number of carbonyl (C=O) groups excluding carboxylic acids is 3. The Morgan fingerprint density at radius 1 is 1.13 bits per heavy atom. The molecule has 0 spiro atoms.